The SMILES string of the molecule is CC(c1ccccc1F)c1c(F)ccc2c1NC(=NCc1cc3ccccc3cn1)NS2(=O)=O. The molecule has 9 heteroatoms. The average Bonchev–Trinajstić information content (AvgIpc) is 2.82. The maximum atomic E-state index is 15.0. The third-order valence-electron chi connectivity index (χ3n) is 5.81. The van der Waals surface area contributed by atoms with Crippen LogP contribution in [0.15, 0.2) is 82.8 Å². The predicted molar refractivity (Wildman–Crippen MR) is 127 cm³/mol. The lowest BCUT2D eigenvalue weighted by atomic mass is 9.91. The highest BCUT2D eigenvalue weighted by atomic mass is 32.2. The van der Waals surface area contributed by atoms with Gasteiger partial charge in [0.25, 0.3) is 10.0 Å². The van der Waals surface area contributed by atoms with Crippen molar-refractivity contribution >= 4 is 32.4 Å². The molecule has 1 unspecified atom stereocenters. The summed E-state index contributed by atoms with van der Waals surface area (Å²) in [5.74, 6) is -1.95. The second kappa shape index (κ2) is 8.49. The molecular formula is C25H20F2N4O2S. The number of rotatable bonds is 4. The zero-order chi connectivity index (χ0) is 23.9. The van der Waals surface area contributed by atoms with Crippen LogP contribution < -0.4 is 10.0 Å². The highest BCUT2D eigenvalue weighted by Crippen LogP contribution is 2.38. The van der Waals surface area contributed by atoms with Gasteiger partial charge in [-0.3, -0.25) is 4.98 Å². The third kappa shape index (κ3) is 3.99. The van der Waals surface area contributed by atoms with Crippen molar-refractivity contribution in [3.63, 3.8) is 0 Å². The number of pyridine rings is 1. The minimum Gasteiger partial charge on any atom is -0.324 e. The Bertz CT molecular complexity index is 1550. The summed E-state index contributed by atoms with van der Waals surface area (Å²) in [5, 5.41) is 4.87. The monoisotopic (exact) mass is 478 g/mol. The fourth-order valence-corrected chi connectivity index (χ4v) is 5.26. The Morgan fingerprint density at radius 2 is 1.71 bits per heavy atom. The number of aromatic nitrogens is 1. The Morgan fingerprint density at radius 3 is 2.50 bits per heavy atom. The number of aliphatic imine (C=N–C) groups is 1. The number of sulfonamides is 1. The van der Waals surface area contributed by atoms with Gasteiger partial charge in [-0.05, 0) is 35.2 Å². The zero-order valence-corrected chi connectivity index (χ0v) is 18.9. The van der Waals surface area contributed by atoms with Gasteiger partial charge in [-0.15, -0.1) is 0 Å². The van der Waals surface area contributed by atoms with Crippen LogP contribution in [0.1, 0.15) is 29.7 Å². The van der Waals surface area contributed by atoms with Gasteiger partial charge < -0.3 is 5.32 Å². The minimum absolute atomic E-state index is 0.0414. The number of hydrogen-bond donors (Lipinski definition) is 2. The number of hydrogen-bond acceptors (Lipinski definition) is 4. The largest absolute Gasteiger partial charge is 0.324 e. The quantitative estimate of drug-likeness (QED) is 0.436. The summed E-state index contributed by atoms with van der Waals surface area (Å²) >= 11 is 0. The van der Waals surface area contributed by atoms with E-state index in [1.807, 2.05) is 30.3 Å². The molecule has 0 fully saturated rings. The molecule has 1 aliphatic rings. The van der Waals surface area contributed by atoms with Gasteiger partial charge >= 0.3 is 0 Å². The first kappa shape index (κ1) is 22.0. The van der Waals surface area contributed by atoms with Gasteiger partial charge in [0.1, 0.15) is 16.5 Å². The Morgan fingerprint density at radius 1 is 0.971 bits per heavy atom. The van der Waals surface area contributed by atoms with Gasteiger partial charge in [0.2, 0.25) is 5.96 Å². The van der Waals surface area contributed by atoms with E-state index in [2.05, 4.69) is 20.0 Å². The molecule has 0 bridgehead atoms. The number of nitrogens with zero attached hydrogens (tertiary/aromatic N) is 2. The van der Waals surface area contributed by atoms with E-state index in [1.54, 1.807) is 31.3 Å². The lowest BCUT2D eigenvalue weighted by molar-refractivity contribution is 0.577. The summed E-state index contributed by atoms with van der Waals surface area (Å²) in [7, 11) is -4.02. The first-order valence-corrected chi connectivity index (χ1v) is 12.1. The summed E-state index contributed by atoms with van der Waals surface area (Å²) < 4.78 is 57.6. The number of guanidine groups is 1. The van der Waals surface area contributed by atoms with Crippen molar-refractivity contribution in [2.24, 2.45) is 4.99 Å². The maximum Gasteiger partial charge on any atom is 0.266 e. The topological polar surface area (TPSA) is 83.4 Å². The molecule has 1 atom stereocenters. The maximum absolute atomic E-state index is 15.0. The van der Waals surface area contributed by atoms with E-state index >= 15 is 0 Å². The van der Waals surface area contributed by atoms with Gasteiger partial charge in [0, 0.05) is 23.1 Å². The van der Waals surface area contributed by atoms with Crippen LogP contribution in [0.25, 0.3) is 10.8 Å². The lowest BCUT2D eigenvalue weighted by Crippen LogP contribution is -2.41. The Labute approximate surface area is 195 Å². The Kier molecular flexibility index (Phi) is 5.49. The van der Waals surface area contributed by atoms with E-state index in [-0.39, 0.29) is 34.2 Å². The fourth-order valence-electron chi connectivity index (χ4n) is 4.11. The molecule has 172 valence electrons. The van der Waals surface area contributed by atoms with Gasteiger partial charge in [-0.25, -0.2) is 26.9 Å². The molecule has 3 aromatic carbocycles. The van der Waals surface area contributed by atoms with E-state index in [4.69, 9.17) is 0 Å². The molecule has 1 aromatic heterocycles. The van der Waals surface area contributed by atoms with Crippen molar-refractivity contribution in [1.29, 1.82) is 0 Å². The van der Waals surface area contributed by atoms with Gasteiger partial charge in [0.15, 0.2) is 0 Å². The summed E-state index contributed by atoms with van der Waals surface area (Å²) in [5.41, 5.74) is 0.979. The summed E-state index contributed by atoms with van der Waals surface area (Å²) in [6.45, 7) is 1.72. The molecule has 2 heterocycles. The van der Waals surface area contributed by atoms with Crippen molar-refractivity contribution in [2.45, 2.75) is 24.3 Å². The molecule has 4 aromatic rings. The fraction of sp³-hybridized carbons (Fsp3) is 0.120. The molecule has 0 aliphatic carbocycles. The molecule has 0 amide bonds. The van der Waals surface area contributed by atoms with Crippen LogP contribution in [0.4, 0.5) is 14.5 Å². The molecule has 5 rings (SSSR count). The molecule has 0 spiro atoms. The van der Waals surface area contributed by atoms with E-state index in [0.717, 1.165) is 16.8 Å². The van der Waals surface area contributed by atoms with Crippen molar-refractivity contribution < 1.29 is 17.2 Å². The highest BCUT2D eigenvalue weighted by molar-refractivity contribution is 7.90. The number of anilines is 1. The zero-order valence-electron chi connectivity index (χ0n) is 18.1. The average molecular weight is 479 g/mol. The first-order chi connectivity index (χ1) is 16.3. The highest BCUT2D eigenvalue weighted by Gasteiger charge is 2.32. The Balaban J connectivity index is 1.53. The van der Waals surface area contributed by atoms with E-state index in [1.165, 1.54) is 12.1 Å². The van der Waals surface area contributed by atoms with Crippen molar-refractivity contribution in [1.82, 2.24) is 9.71 Å². The second-order valence-corrected chi connectivity index (χ2v) is 9.65. The molecule has 0 saturated heterocycles. The van der Waals surface area contributed by atoms with Crippen LogP contribution >= 0.6 is 0 Å². The van der Waals surface area contributed by atoms with E-state index < -0.39 is 27.6 Å². The van der Waals surface area contributed by atoms with E-state index in [9.17, 15) is 17.2 Å². The second-order valence-electron chi connectivity index (χ2n) is 8.00. The van der Waals surface area contributed by atoms with Crippen molar-refractivity contribution in [2.75, 3.05) is 5.32 Å². The molecule has 34 heavy (non-hydrogen) atoms. The Hall–Kier alpha value is -3.85. The van der Waals surface area contributed by atoms with Crippen LogP contribution in [-0.2, 0) is 16.6 Å². The third-order valence-corrected chi connectivity index (χ3v) is 7.19. The molecule has 2 N–H and O–H groups in total. The molecule has 0 radical (unpaired) electrons. The smallest absolute Gasteiger partial charge is 0.266 e. The van der Waals surface area contributed by atoms with E-state index in [0.29, 0.717) is 5.69 Å². The molecule has 1 aliphatic heterocycles. The molecular weight excluding hydrogens is 458 g/mol. The van der Waals surface area contributed by atoms with Crippen LogP contribution in [0.3, 0.4) is 0 Å². The normalized spacial score (nSPS) is 16.5. The summed E-state index contributed by atoms with van der Waals surface area (Å²) in [6, 6.07) is 17.9. The number of nitrogens with one attached hydrogen (secondary N) is 2. The van der Waals surface area contributed by atoms with Gasteiger partial charge in [-0.2, -0.15) is 0 Å². The predicted octanol–water partition coefficient (Wildman–Crippen LogP) is 4.92. The number of halogens is 2. The first-order valence-electron chi connectivity index (χ1n) is 10.6. The molecule has 6 nitrogen and oxygen atoms in total. The summed E-state index contributed by atoms with van der Waals surface area (Å²) in [6.07, 6.45) is 1.72. The van der Waals surface area contributed by atoms with Crippen LogP contribution in [0.2, 0.25) is 0 Å². The lowest BCUT2D eigenvalue weighted by Gasteiger charge is -2.26. The van der Waals surface area contributed by atoms with Crippen molar-refractivity contribution in [3.8, 4) is 0 Å². The van der Waals surface area contributed by atoms with Gasteiger partial charge in [0.05, 0.1) is 17.9 Å². The van der Waals surface area contributed by atoms with Crippen LogP contribution in [0.5, 0.6) is 0 Å². The number of fused-ring (bicyclic) bond motifs is 2. The van der Waals surface area contributed by atoms with Gasteiger partial charge in [-0.1, -0.05) is 49.4 Å². The molecule has 0 saturated carbocycles. The minimum atomic E-state index is -4.02. The standard InChI is InChI=1S/C25H20F2N4O2S/c1-15(19-8-4-5-9-20(19)26)23-21(27)10-11-22-24(23)30-25(31-34(22,32)33)29-14-18-12-16-6-2-3-7-17(16)13-28-18/h2-13,15H,14H2,1H3,(H2,29,30,31). The summed E-state index contributed by atoms with van der Waals surface area (Å²) in [4.78, 5) is 8.57. The van der Waals surface area contributed by atoms with Crippen LogP contribution in [-0.4, -0.2) is 19.4 Å². The number of benzene rings is 3. The van der Waals surface area contributed by atoms with Crippen LogP contribution in [0, 0.1) is 11.6 Å². The van der Waals surface area contributed by atoms with Crippen molar-refractivity contribution in [3.05, 3.63) is 101 Å².